The number of aliphatic hydroxyl groups excluding tert-OH is 1. The van der Waals surface area contributed by atoms with Gasteiger partial charge in [0.1, 0.15) is 0 Å². The fraction of sp³-hybridized carbons (Fsp3) is 1.00. The smallest absolute Gasteiger partial charge is 0.0967 e. The van der Waals surface area contributed by atoms with Gasteiger partial charge in [0.15, 0.2) is 0 Å². The third-order valence-electron chi connectivity index (χ3n) is 0. The van der Waals surface area contributed by atoms with E-state index in [0.717, 1.165) is 7.11 Å². The van der Waals surface area contributed by atoms with E-state index in [9.17, 15) is 0 Å². The third kappa shape index (κ3) is 213. The van der Waals surface area contributed by atoms with Crippen molar-refractivity contribution in [3.05, 3.63) is 0 Å². The van der Waals surface area contributed by atoms with Gasteiger partial charge in [-0.25, -0.2) is 0 Å². The molecule has 1 nitrogen and oxygen atoms in total. The summed E-state index contributed by atoms with van der Waals surface area (Å²) in [5.74, 6) is 0. The predicted octanol–water partition coefficient (Wildman–Crippen LogP) is 2.51. The maximum Gasteiger partial charge on any atom is 0.0967 e. The van der Waals surface area contributed by atoms with Gasteiger partial charge in [-0.15, -0.1) is 48.0 Å². The Morgan fingerprint density at radius 2 is 1.12 bits per heavy atom. The predicted molar refractivity (Wildman–Crippen MR) is 45.9 cm³/mol. The van der Waals surface area contributed by atoms with E-state index in [1.54, 1.807) is 0 Å². The minimum atomic E-state index is 0. The summed E-state index contributed by atoms with van der Waals surface area (Å²) in [6.45, 7) is 0. The second-order valence-electron chi connectivity index (χ2n) is 0.101. The Morgan fingerprint density at radius 1 is 1.12 bits per heavy atom. The van der Waals surface area contributed by atoms with Crippen molar-refractivity contribution in [2.24, 2.45) is 0 Å². The van der Waals surface area contributed by atoms with Crippen molar-refractivity contribution < 1.29 is 5.11 Å². The van der Waals surface area contributed by atoms with Crippen LogP contribution >= 0.6 is 48.0 Å². The molecule has 0 heterocycles. The van der Waals surface area contributed by atoms with Gasteiger partial charge in [-0.2, -0.15) is 0 Å². The highest BCUT2D eigenvalue weighted by molar-refractivity contribution is 6.40. The fourth-order valence-electron chi connectivity index (χ4n) is 0. The maximum atomic E-state index is 7.00. The summed E-state index contributed by atoms with van der Waals surface area (Å²) in [6.07, 6.45) is 0. The number of hydrogen-bond donors (Lipinski definition) is 1. The molecule has 0 atom stereocenters. The van der Waals surface area contributed by atoms with Crippen molar-refractivity contribution in [1.82, 2.24) is 0 Å². The van der Waals surface area contributed by atoms with Crippen LogP contribution in [0.15, 0.2) is 0 Å². The van der Waals surface area contributed by atoms with E-state index in [-0.39, 0.29) is 37.6 Å². The first kappa shape index (κ1) is 35.4. The van der Waals surface area contributed by atoms with Crippen molar-refractivity contribution in [1.29, 1.82) is 0 Å². The fourth-order valence-corrected chi connectivity index (χ4v) is 0. The molecule has 0 fully saturated rings. The number of aliphatic hydroxyl groups is 1. The van der Waals surface area contributed by atoms with Gasteiger partial charge in [0, 0.05) is 7.11 Å². The van der Waals surface area contributed by atoms with Crippen LogP contribution in [0.2, 0.25) is 0 Å². The Labute approximate surface area is 73.2 Å². The van der Waals surface area contributed by atoms with Crippen LogP contribution < -0.4 is 0 Å². The van der Waals surface area contributed by atoms with Crippen LogP contribution in [-0.2, 0) is 0 Å². The zero-order valence-electron chi connectivity index (χ0n) is 3.73. The zero-order chi connectivity index (χ0) is 4.71. The van der Waals surface area contributed by atoms with Crippen molar-refractivity contribution in [2.45, 2.75) is 7.43 Å². The lowest BCUT2D eigenvalue weighted by molar-refractivity contribution is 0.399. The van der Waals surface area contributed by atoms with Gasteiger partial charge in [0.05, 0.1) is 5.34 Å². The van der Waals surface area contributed by atoms with E-state index in [1.165, 1.54) is 0 Å². The van der Waals surface area contributed by atoms with E-state index in [0.29, 0.717) is 0 Å². The van der Waals surface area contributed by atoms with Gasteiger partial charge >= 0.3 is 0 Å². The van der Waals surface area contributed by atoms with Crippen LogP contribution in [0.4, 0.5) is 0 Å². The lowest BCUT2D eigenvalue weighted by atomic mass is 11.8. The van der Waals surface area contributed by atoms with E-state index in [2.05, 4.69) is 0 Å². The highest BCUT2D eigenvalue weighted by Crippen LogP contribution is 1.73. The van der Waals surface area contributed by atoms with E-state index in [4.69, 9.17) is 28.3 Å². The highest BCUT2D eigenvalue weighted by Gasteiger charge is 1.41. The van der Waals surface area contributed by atoms with Crippen LogP contribution in [0.25, 0.3) is 0 Å². The molecule has 0 spiro atoms. The molecule has 0 unspecified atom stereocenters. The van der Waals surface area contributed by atoms with Gasteiger partial charge in [-0.05, 0) is 0 Å². The number of alkyl halides is 2. The Kier molecular flexibility index (Phi) is 406. The lowest BCUT2D eigenvalue weighted by Gasteiger charge is -1.42. The van der Waals surface area contributed by atoms with Crippen molar-refractivity contribution >= 4 is 48.0 Å². The molecule has 0 aromatic rings. The first-order valence-electron chi connectivity index (χ1n) is 0.982. The molecule has 0 saturated carbocycles. The molecule has 0 aromatic carbocycles. The Morgan fingerprint density at radius 3 is 1.12 bits per heavy atom. The molecule has 0 aliphatic rings. The SMILES string of the molecule is C.CO.Cl.Cl.ClCCl. The standard InChI is InChI=1S/CH2Cl2.CH4O.CH4.2ClH/c2-1-3;1-2;;;/h1H2;2H,1H3;1H4;2*1H. The molecule has 5 heteroatoms. The average Bonchev–Trinajstić information content (AvgIpc) is 1.46. The minimum Gasteiger partial charge on any atom is -0.400 e. The second kappa shape index (κ2) is 91.6. The van der Waals surface area contributed by atoms with Crippen molar-refractivity contribution in [2.75, 3.05) is 12.4 Å². The number of rotatable bonds is 0. The largest absolute Gasteiger partial charge is 0.400 e. The van der Waals surface area contributed by atoms with Gasteiger partial charge in [0.25, 0.3) is 0 Å². The zero-order valence-corrected chi connectivity index (χ0v) is 6.87. The van der Waals surface area contributed by atoms with Gasteiger partial charge in [0.2, 0.25) is 0 Å². The Bertz CT molecular complexity index is 11.2. The van der Waals surface area contributed by atoms with Gasteiger partial charge in [-0.3, -0.25) is 0 Å². The van der Waals surface area contributed by atoms with Crippen LogP contribution in [0.5, 0.6) is 0 Å². The molecule has 58 valence electrons. The van der Waals surface area contributed by atoms with E-state index >= 15 is 0 Å². The third-order valence-corrected chi connectivity index (χ3v) is 0. The highest BCUT2D eigenvalue weighted by atomic mass is 35.5. The molecule has 0 radical (unpaired) electrons. The molecular weight excluding hydrogens is 194 g/mol. The summed E-state index contributed by atoms with van der Waals surface area (Å²) in [4.78, 5) is 0. The molecule has 0 bridgehead atoms. The molecule has 0 aliphatic carbocycles. The minimum absolute atomic E-state index is 0. The van der Waals surface area contributed by atoms with Gasteiger partial charge in [-0.1, -0.05) is 7.43 Å². The Balaban J connectivity index is -0.00000000567. The molecule has 0 aliphatic heterocycles. The molecule has 1 N–H and O–H groups in total. The quantitative estimate of drug-likeness (QED) is 0.603. The number of hydrogen-bond acceptors (Lipinski definition) is 1. The second-order valence-corrected chi connectivity index (χ2v) is 0.909. The Hall–Kier alpha value is 1.12. The summed E-state index contributed by atoms with van der Waals surface area (Å²) < 4.78 is 0. The van der Waals surface area contributed by atoms with Crippen LogP contribution in [0.1, 0.15) is 7.43 Å². The van der Waals surface area contributed by atoms with Crippen LogP contribution in [-0.4, -0.2) is 17.6 Å². The molecule has 0 saturated heterocycles. The number of halogens is 4. The topological polar surface area (TPSA) is 20.2 Å². The normalized spacial score (nSPS) is 3.00. The average molecular weight is 206 g/mol. The molecule has 0 amide bonds. The molecule has 0 aromatic heterocycles. The maximum absolute atomic E-state index is 7.00. The molecular formula is C3H12Cl4O. The summed E-state index contributed by atoms with van der Waals surface area (Å²) in [5, 5.41) is 7.19. The summed E-state index contributed by atoms with van der Waals surface area (Å²) in [6, 6.07) is 0. The summed E-state index contributed by atoms with van der Waals surface area (Å²) in [5.41, 5.74) is 0. The molecule has 8 heavy (non-hydrogen) atoms. The van der Waals surface area contributed by atoms with Gasteiger partial charge < -0.3 is 5.11 Å². The van der Waals surface area contributed by atoms with Crippen molar-refractivity contribution in [3.63, 3.8) is 0 Å². The van der Waals surface area contributed by atoms with Crippen LogP contribution in [0.3, 0.4) is 0 Å². The summed E-state index contributed by atoms with van der Waals surface area (Å²) >= 11 is 9.53. The first-order chi connectivity index (χ1) is 2.41. The molecule has 0 rings (SSSR count). The summed E-state index contributed by atoms with van der Waals surface area (Å²) in [7, 11) is 1.00. The van der Waals surface area contributed by atoms with Crippen molar-refractivity contribution in [3.8, 4) is 0 Å². The van der Waals surface area contributed by atoms with Crippen LogP contribution in [0, 0.1) is 0 Å². The first-order valence-corrected chi connectivity index (χ1v) is 2.05. The van der Waals surface area contributed by atoms with E-state index < -0.39 is 0 Å². The van der Waals surface area contributed by atoms with E-state index in [1.807, 2.05) is 0 Å². The monoisotopic (exact) mass is 204 g/mol. The lowest BCUT2D eigenvalue weighted by Crippen LogP contribution is -1.25.